The topological polar surface area (TPSA) is 54.9 Å². The number of hydrogen-bond acceptors (Lipinski definition) is 5. The van der Waals surface area contributed by atoms with Gasteiger partial charge in [-0.3, -0.25) is 4.79 Å². The molecular formula is C21H27N3OS2. The van der Waals surface area contributed by atoms with Crippen molar-refractivity contribution in [3.8, 4) is 0 Å². The molecule has 1 amide bonds. The van der Waals surface area contributed by atoms with Crippen molar-refractivity contribution in [1.82, 2.24) is 9.97 Å². The number of thioether (sulfide) groups is 2. The first-order valence-electron chi connectivity index (χ1n) is 9.50. The van der Waals surface area contributed by atoms with E-state index in [4.69, 9.17) is 0 Å². The van der Waals surface area contributed by atoms with Gasteiger partial charge in [0.05, 0.1) is 5.75 Å². The molecule has 0 fully saturated rings. The third-order valence-electron chi connectivity index (χ3n) is 5.01. The van der Waals surface area contributed by atoms with Crippen LogP contribution in [0.2, 0.25) is 0 Å². The van der Waals surface area contributed by atoms with Crippen molar-refractivity contribution >= 4 is 35.1 Å². The summed E-state index contributed by atoms with van der Waals surface area (Å²) in [4.78, 5) is 21.9. The van der Waals surface area contributed by atoms with Crippen molar-refractivity contribution in [2.24, 2.45) is 0 Å². The number of para-hydroxylation sites is 1. The molecule has 0 radical (unpaired) electrons. The highest BCUT2D eigenvalue weighted by Crippen LogP contribution is 2.48. The third kappa shape index (κ3) is 4.32. The monoisotopic (exact) mass is 401 g/mol. The molecule has 1 N–H and O–H groups in total. The van der Waals surface area contributed by atoms with Crippen LogP contribution >= 0.6 is 23.5 Å². The van der Waals surface area contributed by atoms with E-state index in [-0.39, 0.29) is 5.91 Å². The van der Waals surface area contributed by atoms with Crippen LogP contribution in [0.5, 0.6) is 0 Å². The SMILES string of the molecule is CCc1cccc(C)c1NC(=O)CSc1nc(C)nc2c1[C@H](CC)[C@@H](C)S2. The molecule has 1 aliphatic heterocycles. The Morgan fingerprint density at radius 1 is 1.26 bits per heavy atom. The number of nitrogens with zero attached hydrogens (tertiary/aromatic N) is 2. The molecule has 0 bridgehead atoms. The number of aromatic nitrogens is 2. The van der Waals surface area contributed by atoms with E-state index in [1.54, 1.807) is 0 Å². The fraction of sp³-hybridized carbons (Fsp3) is 0.476. The van der Waals surface area contributed by atoms with Gasteiger partial charge in [0.2, 0.25) is 5.91 Å². The van der Waals surface area contributed by atoms with Crippen molar-refractivity contribution in [3.05, 3.63) is 40.7 Å². The summed E-state index contributed by atoms with van der Waals surface area (Å²) in [5.41, 5.74) is 4.46. The van der Waals surface area contributed by atoms with Gasteiger partial charge in [-0.1, -0.05) is 50.7 Å². The molecule has 2 heterocycles. The van der Waals surface area contributed by atoms with Gasteiger partial charge in [-0.25, -0.2) is 9.97 Å². The Bertz CT molecular complexity index is 854. The lowest BCUT2D eigenvalue weighted by atomic mass is 9.96. The van der Waals surface area contributed by atoms with Gasteiger partial charge < -0.3 is 5.32 Å². The zero-order valence-corrected chi connectivity index (χ0v) is 18.3. The predicted molar refractivity (Wildman–Crippen MR) is 115 cm³/mol. The van der Waals surface area contributed by atoms with Gasteiger partial charge in [-0.2, -0.15) is 0 Å². The number of fused-ring (bicyclic) bond motifs is 1. The number of hydrogen-bond donors (Lipinski definition) is 1. The molecule has 3 rings (SSSR count). The van der Waals surface area contributed by atoms with Crippen molar-refractivity contribution < 1.29 is 4.79 Å². The van der Waals surface area contributed by atoms with Crippen LogP contribution < -0.4 is 5.32 Å². The highest BCUT2D eigenvalue weighted by Gasteiger charge is 2.33. The summed E-state index contributed by atoms with van der Waals surface area (Å²) >= 11 is 3.36. The van der Waals surface area contributed by atoms with E-state index in [0.717, 1.165) is 40.0 Å². The fourth-order valence-corrected chi connectivity index (χ4v) is 6.00. The van der Waals surface area contributed by atoms with E-state index >= 15 is 0 Å². The van der Waals surface area contributed by atoms with Crippen LogP contribution in [-0.2, 0) is 11.2 Å². The van der Waals surface area contributed by atoms with Crippen LogP contribution in [0.4, 0.5) is 5.69 Å². The van der Waals surface area contributed by atoms with Crippen LogP contribution in [0.25, 0.3) is 0 Å². The van der Waals surface area contributed by atoms with E-state index in [1.807, 2.05) is 37.7 Å². The van der Waals surface area contributed by atoms with E-state index in [1.165, 1.54) is 22.9 Å². The lowest BCUT2D eigenvalue weighted by Gasteiger charge is -2.16. The van der Waals surface area contributed by atoms with E-state index in [2.05, 4.69) is 42.1 Å². The number of rotatable bonds is 6. The van der Waals surface area contributed by atoms with Crippen LogP contribution in [-0.4, -0.2) is 26.9 Å². The maximum Gasteiger partial charge on any atom is 0.234 e. The number of nitrogens with one attached hydrogen (secondary N) is 1. The van der Waals surface area contributed by atoms with Gasteiger partial charge in [-0.05, 0) is 37.8 Å². The Hall–Kier alpha value is -1.53. The average molecular weight is 402 g/mol. The van der Waals surface area contributed by atoms with Crippen molar-refractivity contribution in [2.75, 3.05) is 11.1 Å². The first kappa shape index (κ1) is 20.2. The van der Waals surface area contributed by atoms with Crippen LogP contribution in [0.15, 0.2) is 28.3 Å². The molecule has 0 saturated carbocycles. The first-order valence-corrected chi connectivity index (χ1v) is 11.4. The number of aryl methyl sites for hydroxylation is 3. The van der Waals surface area contributed by atoms with Gasteiger partial charge in [0.25, 0.3) is 0 Å². The minimum absolute atomic E-state index is 0.0146. The zero-order valence-electron chi connectivity index (χ0n) is 16.6. The molecule has 1 aromatic heterocycles. The van der Waals surface area contributed by atoms with Crippen molar-refractivity contribution in [2.45, 2.75) is 68.7 Å². The van der Waals surface area contributed by atoms with E-state index < -0.39 is 0 Å². The molecule has 2 aromatic rings. The summed E-state index contributed by atoms with van der Waals surface area (Å²) < 4.78 is 0. The average Bonchev–Trinajstić information content (AvgIpc) is 2.96. The Kier molecular flexibility index (Phi) is 6.48. The van der Waals surface area contributed by atoms with Gasteiger partial charge in [-0.15, -0.1) is 11.8 Å². The van der Waals surface area contributed by atoms with E-state index in [9.17, 15) is 4.79 Å². The summed E-state index contributed by atoms with van der Waals surface area (Å²) in [5.74, 6) is 1.61. The standard InChI is InChI=1S/C21H27N3OS2/c1-6-15-10-8-9-12(3)19(15)24-17(25)11-26-20-18-16(7-2)13(4)27-21(18)23-14(5)22-20/h8-10,13,16H,6-7,11H2,1-5H3,(H,24,25)/t13-,16-/m1/s1. The molecule has 1 aromatic carbocycles. The molecule has 144 valence electrons. The fourth-order valence-electron chi connectivity index (χ4n) is 3.59. The number of amides is 1. The van der Waals surface area contributed by atoms with Crippen LogP contribution in [0, 0.1) is 13.8 Å². The van der Waals surface area contributed by atoms with Gasteiger partial charge >= 0.3 is 0 Å². The molecular weight excluding hydrogens is 374 g/mol. The van der Waals surface area contributed by atoms with Gasteiger partial charge in [0, 0.05) is 22.4 Å². The van der Waals surface area contributed by atoms with E-state index in [0.29, 0.717) is 16.9 Å². The highest BCUT2D eigenvalue weighted by molar-refractivity contribution is 8.01. The van der Waals surface area contributed by atoms with Gasteiger partial charge in [0.15, 0.2) is 0 Å². The maximum absolute atomic E-state index is 12.6. The summed E-state index contributed by atoms with van der Waals surface area (Å²) in [6.07, 6.45) is 1.97. The molecule has 0 unspecified atom stereocenters. The first-order chi connectivity index (χ1) is 12.9. The molecule has 0 aliphatic carbocycles. The number of anilines is 1. The Morgan fingerprint density at radius 3 is 2.74 bits per heavy atom. The highest BCUT2D eigenvalue weighted by atomic mass is 32.2. The number of carbonyl (C=O) groups is 1. The number of carbonyl (C=O) groups excluding carboxylic acids is 1. The summed E-state index contributed by atoms with van der Waals surface area (Å²) in [6.45, 7) is 10.5. The molecule has 0 saturated heterocycles. The Morgan fingerprint density at radius 2 is 2.04 bits per heavy atom. The zero-order chi connectivity index (χ0) is 19.6. The minimum Gasteiger partial charge on any atom is -0.325 e. The Labute approximate surface area is 170 Å². The molecule has 2 atom stereocenters. The lowest BCUT2D eigenvalue weighted by molar-refractivity contribution is -0.113. The molecule has 6 heteroatoms. The summed E-state index contributed by atoms with van der Waals surface area (Å²) in [7, 11) is 0. The quantitative estimate of drug-likeness (QED) is 0.520. The van der Waals surface area contributed by atoms with Crippen LogP contribution in [0.3, 0.4) is 0 Å². The number of benzene rings is 1. The summed E-state index contributed by atoms with van der Waals surface area (Å²) in [5, 5.41) is 5.68. The molecule has 0 spiro atoms. The minimum atomic E-state index is 0.0146. The molecule has 1 aliphatic rings. The third-order valence-corrected chi connectivity index (χ3v) is 7.23. The predicted octanol–water partition coefficient (Wildman–Crippen LogP) is 5.37. The maximum atomic E-state index is 12.6. The lowest BCUT2D eigenvalue weighted by Crippen LogP contribution is -2.17. The van der Waals surface area contributed by atoms with Crippen molar-refractivity contribution in [1.29, 1.82) is 0 Å². The normalized spacial score (nSPS) is 18.4. The second-order valence-electron chi connectivity index (χ2n) is 6.93. The molecule has 27 heavy (non-hydrogen) atoms. The van der Waals surface area contributed by atoms with Crippen LogP contribution in [0.1, 0.15) is 55.6 Å². The van der Waals surface area contributed by atoms with Gasteiger partial charge in [0.1, 0.15) is 15.9 Å². The van der Waals surface area contributed by atoms with Crippen molar-refractivity contribution in [3.63, 3.8) is 0 Å². The smallest absolute Gasteiger partial charge is 0.234 e. The second kappa shape index (κ2) is 8.65. The summed E-state index contributed by atoms with van der Waals surface area (Å²) in [6, 6.07) is 6.14. The largest absolute Gasteiger partial charge is 0.325 e. The Balaban J connectivity index is 1.76. The second-order valence-corrected chi connectivity index (χ2v) is 9.26. The molecule has 4 nitrogen and oxygen atoms in total.